The van der Waals surface area contributed by atoms with Gasteiger partial charge >= 0.3 is 0 Å². The highest BCUT2D eigenvalue weighted by Gasteiger charge is 2.00. The molecule has 0 radical (unpaired) electrons. The lowest BCUT2D eigenvalue weighted by Crippen LogP contribution is -2.00. The van der Waals surface area contributed by atoms with Gasteiger partial charge in [-0.05, 0) is 6.42 Å². The number of hydrogen-bond donors (Lipinski definition) is 0. The fourth-order valence-corrected chi connectivity index (χ4v) is 1.23. The molecule has 0 aromatic carbocycles. The number of aromatic nitrogens is 4. The van der Waals surface area contributed by atoms with Crippen LogP contribution in [0.3, 0.4) is 0 Å². The smallest absolute Gasteiger partial charge is 0.177 e. The van der Waals surface area contributed by atoms with Crippen LogP contribution < -0.4 is 0 Å². The Morgan fingerprint density at radius 2 is 2.42 bits per heavy atom. The van der Waals surface area contributed by atoms with E-state index in [2.05, 4.69) is 22.2 Å². The second kappa shape index (κ2) is 2.89. The van der Waals surface area contributed by atoms with E-state index < -0.39 is 0 Å². The summed E-state index contributed by atoms with van der Waals surface area (Å²) in [6.07, 6.45) is 5.60. The Morgan fingerprint density at radius 3 is 3.25 bits per heavy atom. The van der Waals surface area contributed by atoms with Gasteiger partial charge in [-0.3, -0.25) is 0 Å². The third-order valence-electron chi connectivity index (χ3n) is 1.77. The van der Waals surface area contributed by atoms with Crippen LogP contribution in [0.25, 0.3) is 5.65 Å². The van der Waals surface area contributed by atoms with Gasteiger partial charge in [-0.1, -0.05) is 13.3 Å². The van der Waals surface area contributed by atoms with Crippen molar-refractivity contribution in [2.45, 2.75) is 19.8 Å². The summed E-state index contributed by atoms with van der Waals surface area (Å²) in [6, 6.07) is 1.85. The number of aryl methyl sites for hydroxylation is 1. The molecule has 0 saturated carbocycles. The average molecular weight is 162 g/mol. The highest BCUT2D eigenvalue weighted by Crippen LogP contribution is 2.02. The van der Waals surface area contributed by atoms with Crippen LogP contribution in [0.2, 0.25) is 0 Å². The predicted octanol–water partition coefficient (Wildman–Crippen LogP) is 1.08. The first-order valence-electron chi connectivity index (χ1n) is 4.06. The Balaban J connectivity index is 2.57. The summed E-state index contributed by atoms with van der Waals surface area (Å²) >= 11 is 0. The van der Waals surface area contributed by atoms with Gasteiger partial charge in [-0.2, -0.15) is 10.2 Å². The summed E-state index contributed by atoms with van der Waals surface area (Å²) in [7, 11) is 0. The van der Waals surface area contributed by atoms with E-state index in [9.17, 15) is 0 Å². The Kier molecular flexibility index (Phi) is 1.74. The van der Waals surface area contributed by atoms with Crippen LogP contribution in [0.1, 0.15) is 19.0 Å². The zero-order chi connectivity index (χ0) is 8.39. The molecule has 2 aromatic heterocycles. The molecule has 0 unspecified atom stereocenters. The second-order valence-electron chi connectivity index (χ2n) is 2.69. The standard InChI is InChI=1S/C8H10N4/c1-2-3-7-6-9-11-8-4-5-10-12(7)8/h4-6H,2-3H2,1H3. The molecule has 0 saturated heterocycles. The minimum atomic E-state index is 0.820. The first-order valence-corrected chi connectivity index (χ1v) is 4.06. The van der Waals surface area contributed by atoms with Gasteiger partial charge in [0.1, 0.15) is 0 Å². The Morgan fingerprint density at radius 1 is 1.50 bits per heavy atom. The van der Waals surface area contributed by atoms with Crippen molar-refractivity contribution in [1.29, 1.82) is 0 Å². The van der Waals surface area contributed by atoms with Gasteiger partial charge in [-0.15, -0.1) is 5.10 Å². The average Bonchev–Trinajstić information content (AvgIpc) is 2.53. The maximum Gasteiger partial charge on any atom is 0.177 e. The van der Waals surface area contributed by atoms with Crippen molar-refractivity contribution in [2.75, 3.05) is 0 Å². The van der Waals surface area contributed by atoms with Crippen LogP contribution in [0.4, 0.5) is 0 Å². The molecule has 2 rings (SSSR count). The minimum absolute atomic E-state index is 0.820. The van der Waals surface area contributed by atoms with Crippen LogP contribution in [-0.2, 0) is 6.42 Å². The third kappa shape index (κ3) is 1.05. The Hall–Kier alpha value is -1.45. The molecule has 4 heteroatoms. The summed E-state index contributed by atoms with van der Waals surface area (Å²) in [6.45, 7) is 2.13. The summed E-state index contributed by atoms with van der Waals surface area (Å²) in [5, 5.41) is 12.0. The largest absolute Gasteiger partial charge is 0.216 e. The third-order valence-corrected chi connectivity index (χ3v) is 1.77. The minimum Gasteiger partial charge on any atom is -0.216 e. The predicted molar refractivity (Wildman–Crippen MR) is 44.8 cm³/mol. The first kappa shape index (κ1) is 7.21. The summed E-state index contributed by atoms with van der Waals surface area (Å²) in [4.78, 5) is 0. The molecule has 0 bridgehead atoms. The molecule has 0 aliphatic carbocycles. The molecule has 2 aromatic rings. The van der Waals surface area contributed by atoms with Crippen LogP contribution in [-0.4, -0.2) is 19.8 Å². The summed E-state index contributed by atoms with van der Waals surface area (Å²) in [5.41, 5.74) is 1.94. The van der Waals surface area contributed by atoms with Gasteiger partial charge in [0.2, 0.25) is 0 Å². The van der Waals surface area contributed by atoms with E-state index in [0.29, 0.717) is 0 Å². The fourth-order valence-electron chi connectivity index (χ4n) is 1.23. The lowest BCUT2D eigenvalue weighted by Gasteiger charge is -1.99. The van der Waals surface area contributed by atoms with E-state index >= 15 is 0 Å². The molecule has 0 atom stereocenters. The molecule has 0 aliphatic heterocycles. The quantitative estimate of drug-likeness (QED) is 0.663. The molecule has 12 heavy (non-hydrogen) atoms. The molecular formula is C8H10N4. The molecule has 0 amide bonds. The normalized spacial score (nSPS) is 10.8. The lowest BCUT2D eigenvalue weighted by atomic mass is 10.3. The summed E-state index contributed by atoms with van der Waals surface area (Å²) in [5.74, 6) is 0. The number of fused-ring (bicyclic) bond motifs is 1. The fraction of sp³-hybridized carbons (Fsp3) is 0.375. The van der Waals surface area contributed by atoms with Crippen molar-refractivity contribution in [1.82, 2.24) is 19.8 Å². The molecular weight excluding hydrogens is 152 g/mol. The van der Waals surface area contributed by atoms with E-state index in [1.165, 1.54) is 0 Å². The van der Waals surface area contributed by atoms with Crippen molar-refractivity contribution < 1.29 is 0 Å². The maximum absolute atomic E-state index is 4.15. The SMILES string of the molecule is CCCc1cnnc2ccnn12. The monoisotopic (exact) mass is 162 g/mol. The first-order chi connectivity index (χ1) is 5.92. The van der Waals surface area contributed by atoms with Crippen molar-refractivity contribution in [3.8, 4) is 0 Å². The van der Waals surface area contributed by atoms with Crippen molar-refractivity contribution in [3.05, 3.63) is 24.2 Å². The lowest BCUT2D eigenvalue weighted by molar-refractivity contribution is 0.771. The van der Waals surface area contributed by atoms with E-state index in [1.807, 2.05) is 10.6 Å². The zero-order valence-electron chi connectivity index (χ0n) is 6.94. The van der Waals surface area contributed by atoms with Crippen molar-refractivity contribution in [2.24, 2.45) is 0 Å². The number of hydrogen-bond acceptors (Lipinski definition) is 3. The maximum atomic E-state index is 4.15. The highest BCUT2D eigenvalue weighted by molar-refractivity contribution is 5.34. The van der Waals surface area contributed by atoms with Crippen molar-refractivity contribution >= 4 is 5.65 Å². The topological polar surface area (TPSA) is 43.1 Å². The molecule has 0 N–H and O–H groups in total. The summed E-state index contributed by atoms with van der Waals surface area (Å²) < 4.78 is 1.83. The van der Waals surface area contributed by atoms with Gasteiger partial charge in [0.05, 0.1) is 18.1 Å². The van der Waals surface area contributed by atoms with Crippen LogP contribution in [0, 0.1) is 0 Å². The molecule has 0 spiro atoms. The molecule has 62 valence electrons. The highest BCUT2D eigenvalue weighted by atomic mass is 15.3. The Bertz CT molecular complexity index is 379. The van der Waals surface area contributed by atoms with Gasteiger partial charge in [0.25, 0.3) is 0 Å². The van der Waals surface area contributed by atoms with Crippen LogP contribution >= 0.6 is 0 Å². The van der Waals surface area contributed by atoms with Gasteiger partial charge in [0, 0.05) is 6.07 Å². The van der Waals surface area contributed by atoms with Crippen LogP contribution in [0.15, 0.2) is 18.5 Å². The second-order valence-corrected chi connectivity index (χ2v) is 2.69. The van der Waals surface area contributed by atoms with E-state index in [-0.39, 0.29) is 0 Å². The zero-order valence-corrected chi connectivity index (χ0v) is 6.94. The van der Waals surface area contributed by atoms with Gasteiger partial charge in [-0.25, -0.2) is 4.52 Å². The van der Waals surface area contributed by atoms with Gasteiger partial charge in [0.15, 0.2) is 5.65 Å². The Labute approximate surface area is 70.2 Å². The van der Waals surface area contributed by atoms with E-state index in [0.717, 1.165) is 24.2 Å². The molecule has 0 fully saturated rings. The number of rotatable bonds is 2. The van der Waals surface area contributed by atoms with E-state index in [4.69, 9.17) is 0 Å². The number of nitrogens with zero attached hydrogens (tertiary/aromatic N) is 4. The van der Waals surface area contributed by atoms with Crippen molar-refractivity contribution in [3.63, 3.8) is 0 Å². The molecule has 0 aliphatic rings. The van der Waals surface area contributed by atoms with Gasteiger partial charge < -0.3 is 0 Å². The van der Waals surface area contributed by atoms with E-state index in [1.54, 1.807) is 12.4 Å². The molecule has 4 nitrogen and oxygen atoms in total. The molecule has 2 heterocycles. The van der Waals surface area contributed by atoms with Crippen LogP contribution in [0.5, 0.6) is 0 Å².